The summed E-state index contributed by atoms with van der Waals surface area (Å²) in [5.74, 6) is -1.16. The molecule has 11 heteroatoms. The van der Waals surface area contributed by atoms with E-state index in [-0.39, 0.29) is 23.7 Å². The van der Waals surface area contributed by atoms with Gasteiger partial charge in [-0.2, -0.15) is 17.4 Å². The number of aromatic nitrogens is 1. The van der Waals surface area contributed by atoms with Gasteiger partial charge in [0, 0.05) is 23.8 Å². The lowest BCUT2D eigenvalue weighted by Crippen LogP contribution is -2.57. The lowest BCUT2D eigenvalue weighted by molar-refractivity contribution is -0.120. The van der Waals surface area contributed by atoms with Gasteiger partial charge in [0.25, 0.3) is 10.2 Å². The standard InChI is InChI=1S/C16H16ClFN4O3S2/c1-2-6-22-14(15(23)20-10-3-4-12(18)11(17)8-10)9-13(21-27(22,24)25)16-19-5-7-26-16/h2-5,7-8,13-14,21H,1,6,9H2,(H,20,23)/t13-,14+/m0/s1. The highest BCUT2D eigenvalue weighted by atomic mass is 35.5. The van der Waals surface area contributed by atoms with Crippen LogP contribution in [-0.4, -0.2) is 36.2 Å². The number of carbonyl (C=O) groups is 1. The Morgan fingerprint density at radius 1 is 1.56 bits per heavy atom. The van der Waals surface area contributed by atoms with Gasteiger partial charge in [0.2, 0.25) is 5.91 Å². The Morgan fingerprint density at radius 3 is 2.96 bits per heavy atom. The molecule has 3 rings (SSSR count). The van der Waals surface area contributed by atoms with Crippen molar-refractivity contribution in [2.75, 3.05) is 11.9 Å². The van der Waals surface area contributed by atoms with E-state index < -0.39 is 34.0 Å². The third-order valence-corrected chi connectivity index (χ3v) is 6.74. The predicted octanol–water partition coefficient (Wildman–Crippen LogP) is 2.71. The molecule has 7 nitrogen and oxygen atoms in total. The smallest absolute Gasteiger partial charge is 0.281 e. The maximum atomic E-state index is 13.3. The average Bonchev–Trinajstić information content (AvgIpc) is 3.14. The molecule has 0 unspecified atom stereocenters. The topological polar surface area (TPSA) is 91.4 Å². The van der Waals surface area contributed by atoms with Gasteiger partial charge in [0.05, 0.1) is 11.1 Å². The van der Waals surface area contributed by atoms with Crippen LogP contribution in [0.1, 0.15) is 17.5 Å². The van der Waals surface area contributed by atoms with E-state index in [4.69, 9.17) is 11.6 Å². The van der Waals surface area contributed by atoms with Crippen LogP contribution in [0.25, 0.3) is 0 Å². The van der Waals surface area contributed by atoms with E-state index in [9.17, 15) is 17.6 Å². The average molecular weight is 431 g/mol. The lowest BCUT2D eigenvalue weighted by Gasteiger charge is -2.37. The Morgan fingerprint density at radius 2 is 2.33 bits per heavy atom. The number of hydrogen-bond donors (Lipinski definition) is 2. The fraction of sp³-hybridized carbons (Fsp3) is 0.250. The quantitative estimate of drug-likeness (QED) is 0.713. The second kappa shape index (κ2) is 8.03. The van der Waals surface area contributed by atoms with Crippen LogP contribution in [0, 0.1) is 5.82 Å². The normalized spacial score (nSPS) is 22.3. The Hall–Kier alpha value is -1.85. The van der Waals surface area contributed by atoms with Crippen molar-refractivity contribution in [2.45, 2.75) is 18.5 Å². The van der Waals surface area contributed by atoms with Crippen molar-refractivity contribution in [2.24, 2.45) is 0 Å². The van der Waals surface area contributed by atoms with Crippen LogP contribution in [0.4, 0.5) is 10.1 Å². The summed E-state index contributed by atoms with van der Waals surface area (Å²) in [6, 6.07) is 2.12. The van der Waals surface area contributed by atoms with Crippen molar-refractivity contribution in [3.63, 3.8) is 0 Å². The first-order valence-corrected chi connectivity index (χ1v) is 10.6. The van der Waals surface area contributed by atoms with Gasteiger partial charge in [-0.3, -0.25) is 4.79 Å². The highest BCUT2D eigenvalue weighted by Gasteiger charge is 2.43. The fourth-order valence-corrected chi connectivity index (χ4v) is 5.23. The molecule has 0 aliphatic carbocycles. The highest BCUT2D eigenvalue weighted by Crippen LogP contribution is 2.30. The van der Waals surface area contributed by atoms with Crippen molar-refractivity contribution in [3.8, 4) is 0 Å². The SMILES string of the molecule is C=CCN1[C@@H](C(=O)Nc2ccc(F)c(Cl)c2)C[C@@H](c2nccs2)NS1(=O)=O. The van der Waals surface area contributed by atoms with Gasteiger partial charge in [-0.15, -0.1) is 17.9 Å². The van der Waals surface area contributed by atoms with Gasteiger partial charge in [-0.05, 0) is 24.6 Å². The number of halogens is 2. The maximum absolute atomic E-state index is 13.3. The summed E-state index contributed by atoms with van der Waals surface area (Å²) in [5.41, 5.74) is 0.270. The number of hydrogen-bond acceptors (Lipinski definition) is 5. The Kier molecular flexibility index (Phi) is 5.92. The van der Waals surface area contributed by atoms with E-state index in [2.05, 4.69) is 21.6 Å². The summed E-state index contributed by atoms with van der Waals surface area (Å²) in [6.45, 7) is 3.51. The third-order valence-electron chi connectivity index (χ3n) is 3.95. The van der Waals surface area contributed by atoms with Crippen LogP contribution in [0.5, 0.6) is 0 Å². The van der Waals surface area contributed by atoms with Gasteiger partial charge in [-0.25, -0.2) is 9.37 Å². The van der Waals surface area contributed by atoms with Crippen molar-refractivity contribution >= 4 is 44.7 Å². The zero-order valence-electron chi connectivity index (χ0n) is 13.9. The molecular weight excluding hydrogens is 415 g/mol. The van der Waals surface area contributed by atoms with Crippen LogP contribution in [0.3, 0.4) is 0 Å². The van der Waals surface area contributed by atoms with E-state index in [0.717, 1.165) is 10.4 Å². The third kappa shape index (κ3) is 4.36. The molecule has 2 N–H and O–H groups in total. The number of nitrogens with one attached hydrogen (secondary N) is 2. The van der Waals surface area contributed by atoms with Crippen molar-refractivity contribution < 1.29 is 17.6 Å². The molecule has 1 saturated heterocycles. The second-order valence-corrected chi connectivity index (χ2v) is 8.76. The minimum atomic E-state index is -3.93. The van der Waals surface area contributed by atoms with Crippen molar-refractivity contribution in [1.82, 2.24) is 14.0 Å². The largest absolute Gasteiger partial charge is 0.325 e. The lowest BCUT2D eigenvalue weighted by atomic mass is 10.1. The minimum absolute atomic E-state index is 0.0395. The predicted molar refractivity (Wildman–Crippen MR) is 102 cm³/mol. The number of amides is 1. The first-order valence-electron chi connectivity index (χ1n) is 7.87. The molecular formula is C16H16ClFN4O3S2. The summed E-state index contributed by atoms with van der Waals surface area (Å²) in [6.07, 6.45) is 3.15. The van der Waals surface area contributed by atoms with E-state index in [0.29, 0.717) is 5.01 Å². The second-order valence-electron chi connectivity index (χ2n) is 5.77. The van der Waals surface area contributed by atoms with Gasteiger partial charge in [-0.1, -0.05) is 17.7 Å². The zero-order valence-corrected chi connectivity index (χ0v) is 16.3. The van der Waals surface area contributed by atoms with Crippen LogP contribution in [0.15, 0.2) is 42.4 Å². The van der Waals surface area contributed by atoms with Crippen LogP contribution < -0.4 is 10.0 Å². The van der Waals surface area contributed by atoms with E-state index >= 15 is 0 Å². The molecule has 0 bridgehead atoms. The van der Waals surface area contributed by atoms with Crippen LogP contribution >= 0.6 is 22.9 Å². The Balaban J connectivity index is 1.88. The number of nitrogens with zero attached hydrogens (tertiary/aromatic N) is 2. The number of carbonyl (C=O) groups excluding carboxylic acids is 1. The number of thiazole rings is 1. The number of benzene rings is 1. The Bertz CT molecular complexity index is 953. The zero-order chi connectivity index (χ0) is 19.6. The molecule has 1 aliphatic heterocycles. The molecule has 2 aromatic rings. The van der Waals surface area contributed by atoms with Crippen LogP contribution in [-0.2, 0) is 15.0 Å². The molecule has 2 heterocycles. The molecule has 27 heavy (non-hydrogen) atoms. The summed E-state index contributed by atoms with van der Waals surface area (Å²) in [4.78, 5) is 17.0. The van der Waals surface area contributed by atoms with Gasteiger partial charge in [0.1, 0.15) is 16.9 Å². The number of rotatable bonds is 5. The molecule has 0 saturated carbocycles. The molecule has 1 aromatic heterocycles. The highest BCUT2D eigenvalue weighted by molar-refractivity contribution is 7.87. The van der Waals surface area contributed by atoms with Crippen LogP contribution in [0.2, 0.25) is 5.02 Å². The Labute approximate surface area is 165 Å². The van der Waals surface area contributed by atoms with Gasteiger partial charge >= 0.3 is 0 Å². The number of anilines is 1. The summed E-state index contributed by atoms with van der Waals surface area (Å²) in [7, 11) is -3.93. The summed E-state index contributed by atoms with van der Waals surface area (Å²) < 4.78 is 42.2. The van der Waals surface area contributed by atoms with E-state index in [1.807, 2.05) is 0 Å². The molecule has 2 atom stereocenters. The first-order chi connectivity index (χ1) is 12.8. The van der Waals surface area contributed by atoms with E-state index in [1.165, 1.54) is 29.5 Å². The maximum Gasteiger partial charge on any atom is 0.281 e. The molecule has 144 valence electrons. The molecule has 1 fully saturated rings. The summed E-state index contributed by atoms with van der Waals surface area (Å²) in [5, 5.41) is 4.75. The molecule has 1 aromatic carbocycles. The monoisotopic (exact) mass is 430 g/mol. The summed E-state index contributed by atoms with van der Waals surface area (Å²) >= 11 is 7.03. The molecule has 0 radical (unpaired) electrons. The first kappa shape index (κ1) is 19.9. The molecule has 0 spiro atoms. The molecule has 1 amide bonds. The van der Waals surface area contributed by atoms with Gasteiger partial charge in [0.15, 0.2) is 0 Å². The fourth-order valence-electron chi connectivity index (χ4n) is 2.75. The van der Waals surface area contributed by atoms with Crippen molar-refractivity contribution in [3.05, 3.63) is 58.3 Å². The molecule has 1 aliphatic rings. The minimum Gasteiger partial charge on any atom is -0.325 e. The van der Waals surface area contributed by atoms with E-state index in [1.54, 1.807) is 11.6 Å². The van der Waals surface area contributed by atoms with Gasteiger partial charge < -0.3 is 5.32 Å². The van der Waals surface area contributed by atoms with Crippen molar-refractivity contribution in [1.29, 1.82) is 0 Å².